The number of rotatable bonds is 4. The maximum atomic E-state index is 9.21. The van der Waals surface area contributed by atoms with Gasteiger partial charge in [0.1, 0.15) is 5.76 Å². The molecule has 0 atom stereocenters. The van der Waals surface area contributed by atoms with Gasteiger partial charge in [-0.15, -0.1) is 11.8 Å². The van der Waals surface area contributed by atoms with Gasteiger partial charge < -0.3 is 5.11 Å². The van der Waals surface area contributed by atoms with Crippen LogP contribution in [0.4, 0.5) is 0 Å². The normalized spacial score (nSPS) is 10.1. The Morgan fingerprint density at radius 2 is 1.76 bits per heavy atom. The van der Waals surface area contributed by atoms with Gasteiger partial charge in [0.15, 0.2) is 0 Å². The summed E-state index contributed by atoms with van der Waals surface area (Å²) in [6, 6.07) is 11.7. The molecule has 0 saturated carbocycles. The van der Waals surface area contributed by atoms with Crippen molar-refractivity contribution in [2.75, 3.05) is 0 Å². The van der Waals surface area contributed by atoms with Crippen molar-refractivity contribution in [3.8, 4) is 0 Å². The fourth-order valence-corrected chi connectivity index (χ4v) is 2.24. The molecule has 2 aromatic rings. The largest absolute Gasteiger partial charge is 0.508 e. The highest BCUT2D eigenvalue weighted by Crippen LogP contribution is 2.23. The number of pyridine rings is 1. The van der Waals surface area contributed by atoms with Gasteiger partial charge in [-0.3, -0.25) is 4.98 Å². The summed E-state index contributed by atoms with van der Waals surface area (Å²) < 4.78 is 0. The van der Waals surface area contributed by atoms with Crippen molar-refractivity contribution < 1.29 is 5.11 Å². The zero-order chi connectivity index (χ0) is 12.1. The van der Waals surface area contributed by atoms with Gasteiger partial charge in [-0.2, -0.15) is 0 Å². The zero-order valence-electron chi connectivity index (χ0n) is 9.34. The second-order valence-electron chi connectivity index (χ2n) is 3.62. The zero-order valence-corrected chi connectivity index (χ0v) is 10.2. The van der Waals surface area contributed by atoms with Crippen molar-refractivity contribution in [2.24, 2.45) is 0 Å². The lowest BCUT2D eigenvalue weighted by Gasteiger charge is -2.03. The average Bonchev–Trinajstić information content (AvgIpc) is 2.38. The van der Waals surface area contributed by atoms with E-state index in [0.29, 0.717) is 0 Å². The van der Waals surface area contributed by atoms with Crippen molar-refractivity contribution in [3.05, 3.63) is 66.5 Å². The maximum Gasteiger partial charge on any atom is 0.115 e. The molecule has 1 aromatic heterocycles. The van der Waals surface area contributed by atoms with Gasteiger partial charge in [0, 0.05) is 28.6 Å². The molecule has 0 aliphatic heterocycles. The van der Waals surface area contributed by atoms with Crippen LogP contribution < -0.4 is 0 Å². The second-order valence-corrected chi connectivity index (χ2v) is 4.66. The van der Waals surface area contributed by atoms with Crippen LogP contribution in [-0.4, -0.2) is 10.1 Å². The third-order valence-electron chi connectivity index (χ3n) is 2.34. The molecular weight excluding hydrogens is 230 g/mol. The summed E-state index contributed by atoms with van der Waals surface area (Å²) in [5.41, 5.74) is 2.01. The maximum absolute atomic E-state index is 9.21. The van der Waals surface area contributed by atoms with Crippen LogP contribution in [0.3, 0.4) is 0 Å². The Morgan fingerprint density at radius 3 is 2.35 bits per heavy atom. The SMILES string of the molecule is C=C(O)c1ccc(SCc2ccncc2)cc1. The molecule has 0 unspecified atom stereocenters. The summed E-state index contributed by atoms with van der Waals surface area (Å²) in [6.07, 6.45) is 3.60. The van der Waals surface area contributed by atoms with Crippen LogP contribution in [0.15, 0.2) is 60.3 Å². The minimum absolute atomic E-state index is 0.107. The Balaban J connectivity index is 1.98. The van der Waals surface area contributed by atoms with E-state index in [2.05, 4.69) is 11.6 Å². The first-order valence-electron chi connectivity index (χ1n) is 5.26. The Morgan fingerprint density at radius 1 is 1.12 bits per heavy atom. The molecule has 1 heterocycles. The summed E-state index contributed by atoms with van der Waals surface area (Å²) >= 11 is 1.75. The van der Waals surface area contributed by atoms with E-state index in [4.69, 9.17) is 0 Å². The molecule has 2 nitrogen and oxygen atoms in total. The van der Waals surface area contributed by atoms with E-state index in [1.165, 1.54) is 10.5 Å². The lowest BCUT2D eigenvalue weighted by Crippen LogP contribution is -1.83. The smallest absolute Gasteiger partial charge is 0.115 e. The van der Waals surface area contributed by atoms with Gasteiger partial charge in [-0.1, -0.05) is 18.7 Å². The number of nitrogens with zero attached hydrogens (tertiary/aromatic N) is 1. The third-order valence-corrected chi connectivity index (χ3v) is 3.43. The van der Waals surface area contributed by atoms with Gasteiger partial charge in [0.2, 0.25) is 0 Å². The van der Waals surface area contributed by atoms with Gasteiger partial charge in [0.05, 0.1) is 0 Å². The van der Waals surface area contributed by atoms with Crippen molar-refractivity contribution >= 4 is 17.5 Å². The summed E-state index contributed by atoms with van der Waals surface area (Å²) in [5, 5.41) is 9.21. The van der Waals surface area contributed by atoms with E-state index in [1.807, 2.05) is 36.4 Å². The van der Waals surface area contributed by atoms with E-state index in [9.17, 15) is 5.11 Å². The number of aliphatic hydroxyl groups excluding tert-OH is 1. The van der Waals surface area contributed by atoms with E-state index < -0.39 is 0 Å². The average molecular weight is 243 g/mol. The molecule has 0 spiro atoms. The van der Waals surface area contributed by atoms with Gasteiger partial charge in [-0.05, 0) is 29.8 Å². The molecule has 17 heavy (non-hydrogen) atoms. The first-order chi connectivity index (χ1) is 8.25. The lowest BCUT2D eigenvalue weighted by molar-refractivity contribution is 0.514. The third kappa shape index (κ3) is 3.36. The van der Waals surface area contributed by atoms with Gasteiger partial charge in [0.25, 0.3) is 0 Å². The molecule has 0 saturated heterocycles. The van der Waals surface area contributed by atoms with Crippen molar-refractivity contribution in [3.63, 3.8) is 0 Å². The molecule has 2 rings (SSSR count). The van der Waals surface area contributed by atoms with Crippen molar-refractivity contribution in [1.82, 2.24) is 4.98 Å². The summed E-state index contributed by atoms with van der Waals surface area (Å²) in [6.45, 7) is 3.49. The van der Waals surface area contributed by atoms with Crippen molar-refractivity contribution in [1.29, 1.82) is 0 Å². The van der Waals surface area contributed by atoms with Gasteiger partial charge >= 0.3 is 0 Å². The van der Waals surface area contributed by atoms with E-state index in [0.717, 1.165) is 11.3 Å². The first kappa shape index (κ1) is 11.7. The standard InChI is InChI=1S/C14H13NOS/c1-11(16)13-2-4-14(5-3-13)17-10-12-6-8-15-9-7-12/h2-9,16H,1,10H2. The molecule has 0 fully saturated rings. The summed E-state index contributed by atoms with van der Waals surface area (Å²) in [4.78, 5) is 5.16. The van der Waals surface area contributed by atoms with E-state index in [-0.39, 0.29) is 5.76 Å². The lowest BCUT2D eigenvalue weighted by atomic mass is 10.2. The topological polar surface area (TPSA) is 33.1 Å². The fraction of sp³-hybridized carbons (Fsp3) is 0.0714. The second kappa shape index (κ2) is 5.55. The van der Waals surface area contributed by atoms with E-state index in [1.54, 1.807) is 24.2 Å². The minimum Gasteiger partial charge on any atom is -0.508 e. The molecule has 0 bridgehead atoms. The molecule has 0 amide bonds. The Hall–Kier alpha value is -1.74. The molecular formula is C14H13NOS. The highest BCUT2D eigenvalue weighted by molar-refractivity contribution is 7.98. The number of benzene rings is 1. The predicted molar refractivity (Wildman–Crippen MR) is 71.9 cm³/mol. The minimum atomic E-state index is 0.107. The van der Waals surface area contributed by atoms with Crippen LogP contribution in [0.25, 0.3) is 5.76 Å². The quantitative estimate of drug-likeness (QED) is 0.653. The molecule has 0 aliphatic rings. The number of hydrogen-bond donors (Lipinski definition) is 1. The van der Waals surface area contributed by atoms with Crippen LogP contribution in [0, 0.1) is 0 Å². The molecule has 1 N–H and O–H groups in total. The Labute approximate surface area is 105 Å². The number of aromatic nitrogens is 1. The number of aliphatic hydroxyl groups is 1. The predicted octanol–water partition coefficient (Wildman–Crippen LogP) is 3.90. The fourth-order valence-electron chi connectivity index (χ4n) is 1.39. The Kier molecular flexibility index (Phi) is 3.83. The van der Waals surface area contributed by atoms with Gasteiger partial charge in [-0.25, -0.2) is 0 Å². The van der Waals surface area contributed by atoms with E-state index >= 15 is 0 Å². The van der Waals surface area contributed by atoms with Crippen molar-refractivity contribution in [2.45, 2.75) is 10.6 Å². The monoisotopic (exact) mass is 243 g/mol. The van der Waals surface area contributed by atoms with Crippen LogP contribution in [0.5, 0.6) is 0 Å². The molecule has 0 radical (unpaired) electrons. The highest BCUT2D eigenvalue weighted by Gasteiger charge is 1.98. The van der Waals surface area contributed by atoms with Crippen LogP contribution in [-0.2, 0) is 5.75 Å². The van der Waals surface area contributed by atoms with Crippen LogP contribution in [0.1, 0.15) is 11.1 Å². The molecule has 0 aliphatic carbocycles. The molecule has 3 heteroatoms. The summed E-state index contributed by atoms with van der Waals surface area (Å²) in [7, 11) is 0. The first-order valence-corrected chi connectivity index (χ1v) is 6.24. The Bertz CT molecular complexity index is 493. The molecule has 86 valence electrons. The van der Waals surface area contributed by atoms with Crippen LogP contribution in [0.2, 0.25) is 0 Å². The number of thioether (sulfide) groups is 1. The number of hydrogen-bond acceptors (Lipinski definition) is 3. The summed E-state index contributed by atoms with van der Waals surface area (Å²) in [5.74, 6) is 1.03. The highest BCUT2D eigenvalue weighted by atomic mass is 32.2. The van der Waals surface area contributed by atoms with Crippen LogP contribution >= 0.6 is 11.8 Å². The molecule has 1 aromatic carbocycles.